The van der Waals surface area contributed by atoms with Crippen LogP contribution in [0.15, 0.2) is 52.7 Å². The van der Waals surface area contributed by atoms with Crippen molar-refractivity contribution in [1.82, 2.24) is 0 Å². The number of quaternary nitrogens is 1. The number of azo groups is 1. The number of non-ortho nitro benzene ring substituents is 1. The molecule has 0 heterocycles. The number of carbonyl (C=O) groups is 1. The zero-order valence-electron chi connectivity index (χ0n) is 19.0. The Morgan fingerprint density at radius 1 is 1.16 bits per heavy atom. The van der Waals surface area contributed by atoms with Crippen molar-refractivity contribution in [2.24, 2.45) is 10.2 Å². The van der Waals surface area contributed by atoms with Gasteiger partial charge < -0.3 is 19.3 Å². The van der Waals surface area contributed by atoms with Gasteiger partial charge in [-0.25, -0.2) is 0 Å². The van der Waals surface area contributed by atoms with Gasteiger partial charge in [-0.1, -0.05) is 0 Å². The van der Waals surface area contributed by atoms with Crippen LogP contribution in [0.25, 0.3) is 0 Å². The fourth-order valence-electron chi connectivity index (χ4n) is 2.55. The lowest BCUT2D eigenvalue weighted by Crippen LogP contribution is -2.42. The number of aliphatic carboxylic acids is 1. The molecule has 170 valence electrons. The third-order valence-corrected chi connectivity index (χ3v) is 4.22. The molecule has 0 unspecified atom stereocenters. The molecule has 0 bridgehead atoms. The predicted octanol–water partition coefficient (Wildman–Crippen LogP) is 3.17. The number of carboxylic acids is 1. The first kappa shape index (κ1) is 26.2. The first-order valence-corrected chi connectivity index (χ1v) is 9.90. The van der Waals surface area contributed by atoms with Gasteiger partial charge in [0.05, 0.1) is 50.4 Å². The summed E-state index contributed by atoms with van der Waals surface area (Å²) in [4.78, 5) is 21.5. The number of hydrogen-bond acceptors (Lipinski definition) is 8. The fraction of sp³-hybridized carbons (Fsp3) is 0.364. The molecule has 0 aliphatic rings. The van der Waals surface area contributed by atoms with Crippen molar-refractivity contribution < 1.29 is 19.3 Å². The Morgan fingerprint density at radius 3 is 2.22 bits per heavy atom. The molecule has 10 heteroatoms. The molecule has 0 amide bonds. The SMILES string of the molecule is CC(=O)[O-].CCN(CC[N+](C)(C)C)c1ccc(N=Nc2ccc([N+](=O)[O-])cc2C#N)cc1. The third kappa shape index (κ3) is 9.32. The highest BCUT2D eigenvalue weighted by Gasteiger charge is 2.12. The maximum Gasteiger partial charge on any atom is 0.270 e. The minimum Gasteiger partial charge on any atom is -0.550 e. The monoisotopic (exact) mass is 440 g/mol. The van der Waals surface area contributed by atoms with E-state index in [0.717, 1.165) is 36.7 Å². The Balaban J connectivity index is 0.00000118. The average Bonchev–Trinajstić information content (AvgIpc) is 2.72. The first-order valence-electron chi connectivity index (χ1n) is 9.90. The predicted molar refractivity (Wildman–Crippen MR) is 120 cm³/mol. The number of nitro benzene ring substituents is 1. The summed E-state index contributed by atoms with van der Waals surface area (Å²) in [5.41, 5.74) is 2.03. The number of carboxylic acid groups (broad SMARTS) is 1. The van der Waals surface area contributed by atoms with E-state index >= 15 is 0 Å². The number of carbonyl (C=O) groups excluding carboxylic acids is 1. The number of nitro groups is 1. The van der Waals surface area contributed by atoms with Crippen LogP contribution in [-0.4, -0.2) is 56.2 Å². The van der Waals surface area contributed by atoms with Crippen LogP contribution in [0.4, 0.5) is 22.7 Å². The van der Waals surface area contributed by atoms with Gasteiger partial charge in [0.2, 0.25) is 0 Å². The van der Waals surface area contributed by atoms with E-state index in [1.807, 2.05) is 30.3 Å². The molecule has 0 aromatic heterocycles. The van der Waals surface area contributed by atoms with Crippen molar-refractivity contribution >= 4 is 28.7 Å². The third-order valence-electron chi connectivity index (χ3n) is 4.22. The number of benzene rings is 2. The number of nitriles is 1. The molecular formula is C22H28N6O4. The van der Waals surface area contributed by atoms with E-state index in [9.17, 15) is 15.4 Å². The van der Waals surface area contributed by atoms with Gasteiger partial charge in [-0.05, 0) is 44.2 Å². The van der Waals surface area contributed by atoms with Crippen molar-refractivity contribution in [1.29, 1.82) is 5.26 Å². The smallest absolute Gasteiger partial charge is 0.270 e. The molecule has 0 atom stereocenters. The lowest BCUT2D eigenvalue weighted by molar-refractivity contribution is -0.868. The molecule has 0 spiro atoms. The highest BCUT2D eigenvalue weighted by molar-refractivity contribution is 5.60. The number of hydrogen-bond donors (Lipinski definition) is 0. The number of likely N-dealkylation sites (N-methyl/N-ethyl adjacent to an activating group) is 2. The second kappa shape index (κ2) is 12.1. The number of nitrogens with zero attached hydrogens (tertiary/aromatic N) is 6. The van der Waals surface area contributed by atoms with E-state index in [1.165, 1.54) is 18.2 Å². The summed E-state index contributed by atoms with van der Waals surface area (Å²) in [6.45, 7) is 6.00. The largest absolute Gasteiger partial charge is 0.550 e. The molecule has 10 nitrogen and oxygen atoms in total. The van der Waals surface area contributed by atoms with E-state index in [4.69, 9.17) is 9.90 Å². The fourth-order valence-corrected chi connectivity index (χ4v) is 2.55. The quantitative estimate of drug-likeness (QED) is 0.268. The zero-order valence-corrected chi connectivity index (χ0v) is 19.0. The van der Waals surface area contributed by atoms with Crippen LogP contribution in [0, 0.1) is 21.4 Å². The molecule has 2 aromatic rings. The van der Waals surface area contributed by atoms with Gasteiger partial charge in [-0.2, -0.15) is 10.4 Å². The molecule has 0 radical (unpaired) electrons. The first-order chi connectivity index (χ1) is 15.0. The second-order valence-electron chi connectivity index (χ2n) is 7.87. The molecule has 0 N–H and O–H groups in total. The standard InChI is InChI=1S/C20H25N6O2.C2H4O2/c1-5-24(12-13-26(2,3)4)18-8-6-17(7-9-18)22-23-20-11-10-19(25(27)28)14-16(20)15-21;1-2(3)4/h6-11,14H,5,12-13H2,1-4H3;1H3,(H,3,4)/q+1;/p-1. The van der Waals surface area contributed by atoms with Crippen LogP contribution in [0.3, 0.4) is 0 Å². The van der Waals surface area contributed by atoms with Crippen LogP contribution in [0.2, 0.25) is 0 Å². The Kier molecular flexibility index (Phi) is 9.92. The second-order valence-corrected chi connectivity index (χ2v) is 7.87. The Bertz CT molecular complexity index is 987. The minimum absolute atomic E-state index is 0.118. The average molecular weight is 441 g/mol. The number of anilines is 1. The lowest BCUT2D eigenvalue weighted by Gasteiger charge is -2.29. The van der Waals surface area contributed by atoms with Gasteiger partial charge in [0.1, 0.15) is 11.8 Å². The molecule has 32 heavy (non-hydrogen) atoms. The molecule has 0 saturated heterocycles. The Hall–Kier alpha value is -3.84. The summed E-state index contributed by atoms with van der Waals surface area (Å²) in [6, 6.07) is 13.6. The molecular weight excluding hydrogens is 412 g/mol. The van der Waals surface area contributed by atoms with Crippen molar-refractivity contribution in [3.05, 3.63) is 58.1 Å². The van der Waals surface area contributed by atoms with Gasteiger partial charge >= 0.3 is 0 Å². The van der Waals surface area contributed by atoms with E-state index in [1.54, 1.807) is 0 Å². The molecule has 2 aromatic carbocycles. The van der Waals surface area contributed by atoms with Gasteiger partial charge in [-0.3, -0.25) is 10.1 Å². The number of rotatable bonds is 8. The normalized spacial score (nSPS) is 10.8. The van der Waals surface area contributed by atoms with Gasteiger partial charge in [0, 0.05) is 30.3 Å². The van der Waals surface area contributed by atoms with Crippen LogP contribution in [-0.2, 0) is 4.79 Å². The summed E-state index contributed by atoms with van der Waals surface area (Å²) < 4.78 is 0.902. The maximum absolute atomic E-state index is 10.8. The van der Waals surface area contributed by atoms with Gasteiger partial charge in [0.25, 0.3) is 5.69 Å². The maximum atomic E-state index is 10.8. The van der Waals surface area contributed by atoms with Gasteiger partial charge in [-0.15, -0.1) is 5.11 Å². The molecule has 0 aliphatic carbocycles. The zero-order chi connectivity index (χ0) is 24.3. The van der Waals surface area contributed by atoms with Crippen LogP contribution < -0.4 is 10.0 Å². The molecule has 0 fully saturated rings. The summed E-state index contributed by atoms with van der Waals surface area (Å²) in [5, 5.41) is 37.1. The Labute approximate surface area is 187 Å². The molecule has 0 saturated carbocycles. The molecule has 0 aliphatic heterocycles. The topological polar surface area (TPSA) is 135 Å². The van der Waals surface area contributed by atoms with E-state index < -0.39 is 10.9 Å². The van der Waals surface area contributed by atoms with Crippen LogP contribution in [0.1, 0.15) is 19.4 Å². The summed E-state index contributed by atoms with van der Waals surface area (Å²) in [7, 11) is 6.51. The van der Waals surface area contributed by atoms with Crippen molar-refractivity contribution in [3.63, 3.8) is 0 Å². The van der Waals surface area contributed by atoms with Crippen LogP contribution in [0.5, 0.6) is 0 Å². The summed E-state index contributed by atoms with van der Waals surface area (Å²) >= 11 is 0. The van der Waals surface area contributed by atoms with Crippen molar-refractivity contribution in [3.8, 4) is 6.07 Å². The van der Waals surface area contributed by atoms with Crippen LogP contribution >= 0.6 is 0 Å². The Morgan fingerprint density at radius 2 is 1.75 bits per heavy atom. The van der Waals surface area contributed by atoms with Crippen molar-refractivity contribution in [2.45, 2.75) is 13.8 Å². The molecule has 2 rings (SSSR count). The minimum atomic E-state index is -1.08. The summed E-state index contributed by atoms with van der Waals surface area (Å²) in [5.74, 6) is -1.08. The van der Waals surface area contributed by atoms with Crippen molar-refractivity contribution in [2.75, 3.05) is 45.7 Å². The van der Waals surface area contributed by atoms with E-state index in [2.05, 4.69) is 43.2 Å². The lowest BCUT2D eigenvalue weighted by atomic mass is 10.2. The van der Waals surface area contributed by atoms with E-state index in [0.29, 0.717) is 11.4 Å². The van der Waals surface area contributed by atoms with Gasteiger partial charge in [0.15, 0.2) is 0 Å². The van der Waals surface area contributed by atoms with E-state index in [-0.39, 0.29) is 11.3 Å². The summed E-state index contributed by atoms with van der Waals surface area (Å²) in [6.07, 6.45) is 0. The highest BCUT2D eigenvalue weighted by Crippen LogP contribution is 2.27. The highest BCUT2D eigenvalue weighted by atomic mass is 16.6.